The van der Waals surface area contributed by atoms with E-state index in [-0.39, 0.29) is 11.5 Å². The van der Waals surface area contributed by atoms with Gasteiger partial charge in [-0.1, -0.05) is 6.07 Å². The number of benzene rings is 2. The van der Waals surface area contributed by atoms with Crippen LogP contribution in [0.15, 0.2) is 24.3 Å². The molecule has 2 aromatic carbocycles. The van der Waals surface area contributed by atoms with Gasteiger partial charge < -0.3 is 19.9 Å². The number of hydrogen-bond acceptors (Lipinski definition) is 4. The van der Waals surface area contributed by atoms with Crippen molar-refractivity contribution in [1.82, 2.24) is 0 Å². The molecular weight excluding hydrogens is 322 g/mol. The van der Waals surface area contributed by atoms with E-state index in [0.29, 0.717) is 28.3 Å². The van der Waals surface area contributed by atoms with E-state index in [0.717, 1.165) is 11.1 Å². The number of carboxylic acids is 1. The first kappa shape index (κ1) is 18.3. The van der Waals surface area contributed by atoms with Crippen LogP contribution in [0, 0.1) is 20.8 Å². The number of amides is 1. The number of anilines is 1. The van der Waals surface area contributed by atoms with Crippen molar-refractivity contribution in [3.05, 3.63) is 52.1 Å². The van der Waals surface area contributed by atoms with Crippen LogP contribution in [0.4, 0.5) is 5.69 Å². The van der Waals surface area contributed by atoms with Crippen LogP contribution < -0.4 is 14.8 Å². The van der Waals surface area contributed by atoms with Crippen molar-refractivity contribution >= 4 is 17.6 Å². The average Bonchev–Trinajstić information content (AvgIpc) is 2.56. The van der Waals surface area contributed by atoms with Gasteiger partial charge in [0.1, 0.15) is 0 Å². The number of carbonyl (C=O) groups is 2. The third-order valence-electron chi connectivity index (χ3n) is 4.03. The van der Waals surface area contributed by atoms with Gasteiger partial charge >= 0.3 is 5.97 Å². The van der Waals surface area contributed by atoms with Crippen molar-refractivity contribution in [3.8, 4) is 11.5 Å². The van der Waals surface area contributed by atoms with Gasteiger partial charge in [-0.2, -0.15) is 0 Å². The van der Waals surface area contributed by atoms with Crippen molar-refractivity contribution in [2.24, 2.45) is 0 Å². The number of aryl methyl sites for hydroxylation is 3. The van der Waals surface area contributed by atoms with Gasteiger partial charge in [-0.3, -0.25) is 4.79 Å². The second kappa shape index (κ2) is 7.25. The SMILES string of the molecule is COc1cc(C)c(C(=O)Nc2cc(C(=O)O)c(C)cc2C)cc1OC. The van der Waals surface area contributed by atoms with Crippen molar-refractivity contribution in [2.75, 3.05) is 19.5 Å². The second-order valence-corrected chi connectivity index (χ2v) is 5.76. The molecule has 0 heterocycles. The number of methoxy groups -OCH3 is 2. The Morgan fingerprint density at radius 2 is 1.40 bits per heavy atom. The summed E-state index contributed by atoms with van der Waals surface area (Å²) in [6.07, 6.45) is 0. The molecule has 0 aliphatic carbocycles. The summed E-state index contributed by atoms with van der Waals surface area (Å²) in [6, 6.07) is 6.53. The predicted molar refractivity (Wildman–Crippen MR) is 95.1 cm³/mol. The second-order valence-electron chi connectivity index (χ2n) is 5.76. The van der Waals surface area contributed by atoms with Crippen molar-refractivity contribution in [1.29, 1.82) is 0 Å². The van der Waals surface area contributed by atoms with E-state index in [2.05, 4.69) is 5.32 Å². The first-order valence-corrected chi connectivity index (χ1v) is 7.67. The van der Waals surface area contributed by atoms with Crippen molar-refractivity contribution in [3.63, 3.8) is 0 Å². The molecule has 6 heteroatoms. The maximum absolute atomic E-state index is 12.7. The maximum atomic E-state index is 12.7. The third kappa shape index (κ3) is 3.74. The van der Waals surface area contributed by atoms with Crippen LogP contribution in [0.3, 0.4) is 0 Å². The van der Waals surface area contributed by atoms with E-state index >= 15 is 0 Å². The molecule has 0 aliphatic heterocycles. The van der Waals surface area contributed by atoms with Crippen LogP contribution in [0.1, 0.15) is 37.4 Å². The minimum Gasteiger partial charge on any atom is -0.493 e. The number of nitrogens with one attached hydrogen (secondary N) is 1. The van der Waals surface area contributed by atoms with E-state index in [1.165, 1.54) is 20.3 Å². The molecule has 0 atom stereocenters. The first-order chi connectivity index (χ1) is 11.8. The Morgan fingerprint density at radius 1 is 0.840 bits per heavy atom. The van der Waals surface area contributed by atoms with Crippen LogP contribution in [0.5, 0.6) is 11.5 Å². The summed E-state index contributed by atoms with van der Waals surface area (Å²) in [6.45, 7) is 5.33. The molecule has 25 heavy (non-hydrogen) atoms. The lowest BCUT2D eigenvalue weighted by molar-refractivity contribution is 0.0695. The fourth-order valence-electron chi connectivity index (χ4n) is 2.63. The monoisotopic (exact) mass is 343 g/mol. The number of carboxylic acid groups (broad SMARTS) is 1. The highest BCUT2D eigenvalue weighted by atomic mass is 16.5. The normalized spacial score (nSPS) is 10.3. The highest BCUT2D eigenvalue weighted by Crippen LogP contribution is 2.31. The summed E-state index contributed by atoms with van der Waals surface area (Å²) in [5.41, 5.74) is 3.19. The molecular formula is C19H21NO5. The fourth-order valence-corrected chi connectivity index (χ4v) is 2.63. The molecule has 2 aromatic rings. The lowest BCUT2D eigenvalue weighted by Crippen LogP contribution is -2.15. The zero-order valence-electron chi connectivity index (χ0n) is 14.9. The Bertz CT molecular complexity index is 842. The highest BCUT2D eigenvalue weighted by Gasteiger charge is 2.17. The fraction of sp³-hybridized carbons (Fsp3) is 0.263. The molecule has 0 radical (unpaired) electrons. The lowest BCUT2D eigenvalue weighted by Gasteiger charge is -2.15. The number of ether oxygens (including phenoxy) is 2. The van der Waals surface area contributed by atoms with E-state index in [4.69, 9.17) is 9.47 Å². The average molecular weight is 343 g/mol. The summed E-state index contributed by atoms with van der Waals surface area (Å²) >= 11 is 0. The summed E-state index contributed by atoms with van der Waals surface area (Å²) in [4.78, 5) is 24.0. The number of carbonyl (C=O) groups excluding carboxylic acids is 1. The maximum Gasteiger partial charge on any atom is 0.336 e. The molecule has 0 bridgehead atoms. The molecule has 1 amide bonds. The third-order valence-corrected chi connectivity index (χ3v) is 4.03. The molecule has 2 rings (SSSR count). The molecule has 0 saturated heterocycles. The summed E-state index contributed by atoms with van der Waals surface area (Å²) < 4.78 is 10.5. The highest BCUT2D eigenvalue weighted by molar-refractivity contribution is 6.06. The lowest BCUT2D eigenvalue weighted by atomic mass is 10.0. The van der Waals surface area contributed by atoms with Crippen LogP contribution >= 0.6 is 0 Å². The summed E-state index contributed by atoms with van der Waals surface area (Å²) in [5, 5.41) is 12.0. The van der Waals surface area contributed by atoms with Crippen molar-refractivity contribution < 1.29 is 24.2 Å². The summed E-state index contributed by atoms with van der Waals surface area (Å²) in [5.74, 6) is -0.390. The topological polar surface area (TPSA) is 84.9 Å². The van der Waals surface area contributed by atoms with Gasteiger partial charge in [0.2, 0.25) is 0 Å². The minimum absolute atomic E-state index is 0.157. The van der Waals surface area contributed by atoms with Crippen molar-refractivity contribution in [2.45, 2.75) is 20.8 Å². The number of aromatic carboxylic acids is 1. The molecule has 0 aromatic heterocycles. The molecule has 0 fully saturated rings. The zero-order chi connectivity index (χ0) is 18.7. The van der Waals surface area contributed by atoms with Gasteiger partial charge in [0.15, 0.2) is 11.5 Å². The Hall–Kier alpha value is -3.02. The molecule has 0 spiro atoms. The Kier molecular flexibility index (Phi) is 5.32. The predicted octanol–water partition coefficient (Wildman–Crippen LogP) is 3.58. The standard InChI is InChI=1S/C19H21NO5/c1-10-6-12(3)15(8-14(10)19(22)23)20-18(21)13-9-17(25-5)16(24-4)7-11(13)2/h6-9H,1-5H3,(H,20,21)(H,22,23). The van der Waals surface area contributed by atoms with Gasteiger partial charge in [-0.05, 0) is 55.7 Å². The Morgan fingerprint density at radius 3 is 1.96 bits per heavy atom. The molecule has 2 N–H and O–H groups in total. The molecule has 0 aliphatic rings. The number of rotatable bonds is 5. The smallest absolute Gasteiger partial charge is 0.336 e. The van der Waals surface area contributed by atoms with Gasteiger partial charge in [0.05, 0.1) is 19.8 Å². The molecule has 0 saturated carbocycles. The Balaban J connectivity index is 2.41. The largest absolute Gasteiger partial charge is 0.493 e. The molecule has 0 unspecified atom stereocenters. The van der Waals surface area contributed by atoms with Gasteiger partial charge in [-0.15, -0.1) is 0 Å². The minimum atomic E-state index is -1.03. The van der Waals surface area contributed by atoms with E-state index in [9.17, 15) is 14.7 Å². The van der Waals surface area contributed by atoms with E-state index < -0.39 is 5.97 Å². The van der Waals surface area contributed by atoms with E-state index in [1.54, 1.807) is 32.0 Å². The number of hydrogen-bond donors (Lipinski definition) is 2. The van der Waals surface area contributed by atoms with Crippen LogP contribution in [0.2, 0.25) is 0 Å². The van der Waals surface area contributed by atoms with Crippen LogP contribution in [0.25, 0.3) is 0 Å². The van der Waals surface area contributed by atoms with Gasteiger partial charge in [0, 0.05) is 11.3 Å². The first-order valence-electron chi connectivity index (χ1n) is 7.67. The zero-order valence-corrected chi connectivity index (χ0v) is 14.9. The quantitative estimate of drug-likeness (QED) is 0.867. The Labute approximate surface area is 146 Å². The van der Waals surface area contributed by atoms with Gasteiger partial charge in [-0.25, -0.2) is 4.79 Å². The summed E-state index contributed by atoms with van der Waals surface area (Å²) in [7, 11) is 3.03. The van der Waals surface area contributed by atoms with Gasteiger partial charge in [0.25, 0.3) is 5.91 Å². The van der Waals surface area contributed by atoms with E-state index in [1.807, 2.05) is 6.92 Å². The molecule has 6 nitrogen and oxygen atoms in total. The van der Waals surface area contributed by atoms with Crippen LogP contribution in [-0.2, 0) is 0 Å². The van der Waals surface area contributed by atoms with Crippen LogP contribution in [-0.4, -0.2) is 31.2 Å². The molecule has 132 valence electrons.